The van der Waals surface area contributed by atoms with Gasteiger partial charge in [0.15, 0.2) is 5.82 Å². The number of ether oxygens (including phenoxy) is 1. The van der Waals surface area contributed by atoms with Crippen molar-refractivity contribution in [1.29, 1.82) is 0 Å². The van der Waals surface area contributed by atoms with Gasteiger partial charge >= 0.3 is 0 Å². The van der Waals surface area contributed by atoms with Crippen molar-refractivity contribution >= 4 is 17.3 Å². The average Bonchev–Trinajstić information content (AvgIpc) is 2.70. The molecular formula is C12H14F2N2O2. The molecule has 0 aromatic heterocycles. The summed E-state index contributed by atoms with van der Waals surface area (Å²) < 4.78 is 31.6. The van der Waals surface area contributed by atoms with Gasteiger partial charge in [0.25, 0.3) is 5.91 Å². The van der Waals surface area contributed by atoms with E-state index in [1.54, 1.807) is 0 Å². The highest BCUT2D eigenvalue weighted by Crippen LogP contribution is 2.26. The fourth-order valence-electron chi connectivity index (χ4n) is 1.92. The normalized spacial score (nSPS) is 23.1. The summed E-state index contributed by atoms with van der Waals surface area (Å²) in [4.78, 5) is 11.8. The van der Waals surface area contributed by atoms with Crippen molar-refractivity contribution in [3.8, 4) is 0 Å². The highest BCUT2D eigenvalue weighted by Gasteiger charge is 2.29. The lowest BCUT2D eigenvalue weighted by molar-refractivity contribution is -0.126. The van der Waals surface area contributed by atoms with Gasteiger partial charge in [0, 0.05) is 6.07 Å². The smallest absolute Gasteiger partial charge is 0.253 e. The van der Waals surface area contributed by atoms with Gasteiger partial charge in [0.2, 0.25) is 0 Å². The molecule has 1 aliphatic heterocycles. The Kier molecular flexibility index (Phi) is 3.47. The van der Waals surface area contributed by atoms with Crippen LogP contribution in [0.4, 0.5) is 20.2 Å². The Bertz CT molecular complexity index is 456. The number of carbonyl (C=O) groups excluding carboxylic acids is 1. The van der Waals surface area contributed by atoms with E-state index in [0.717, 1.165) is 12.5 Å². The van der Waals surface area contributed by atoms with Gasteiger partial charge in [0.1, 0.15) is 17.6 Å². The Hall–Kier alpha value is -1.69. The first-order chi connectivity index (χ1) is 8.47. The number of benzene rings is 1. The summed E-state index contributed by atoms with van der Waals surface area (Å²) >= 11 is 0. The van der Waals surface area contributed by atoms with Crippen LogP contribution in [0.2, 0.25) is 0 Å². The number of nitrogens with one attached hydrogen (secondary N) is 1. The van der Waals surface area contributed by atoms with E-state index in [-0.39, 0.29) is 17.5 Å². The molecule has 1 saturated heterocycles. The van der Waals surface area contributed by atoms with E-state index in [9.17, 15) is 13.6 Å². The molecule has 2 atom stereocenters. The number of anilines is 2. The minimum Gasteiger partial charge on any atom is -0.397 e. The fraction of sp³-hybridized carbons (Fsp3) is 0.417. The predicted molar refractivity (Wildman–Crippen MR) is 63.0 cm³/mol. The van der Waals surface area contributed by atoms with Gasteiger partial charge in [-0.2, -0.15) is 0 Å². The van der Waals surface area contributed by atoms with Crippen molar-refractivity contribution in [1.82, 2.24) is 0 Å². The van der Waals surface area contributed by atoms with Crippen LogP contribution in [0.3, 0.4) is 0 Å². The quantitative estimate of drug-likeness (QED) is 0.796. The van der Waals surface area contributed by atoms with E-state index < -0.39 is 23.6 Å². The molecule has 2 rings (SSSR count). The molecule has 0 radical (unpaired) electrons. The predicted octanol–water partition coefficient (Wildman–Crippen LogP) is 2.05. The molecule has 0 saturated carbocycles. The standard InChI is InChI=1S/C12H14F2N2O2/c1-6-2-3-10(18-6)12(17)16-11-8(14)4-7(13)5-9(11)15/h4-6,10H,2-3,15H2,1H3,(H,16,17). The van der Waals surface area contributed by atoms with Gasteiger partial charge < -0.3 is 15.8 Å². The lowest BCUT2D eigenvalue weighted by Gasteiger charge is -2.13. The van der Waals surface area contributed by atoms with Gasteiger partial charge in [-0.1, -0.05) is 0 Å². The van der Waals surface area contributed by atoms with Crippen LogP contribution in [0.15, 0.2) is 12.1 Å². The Morgan fingerprint density at radius 3 is 2.72 bits per heavy atom. The van der Waals surface area contributed by atoms with E-state index >= 15 is 0 Å². The molecule has 0 aliphatic carbocycles. The molecule has 1 aromatic rings. The molecule has 18 heavy (non-hydrogen) atoms. The monoisotopic (exact) mass is 256 g/mol. The zero-order chi connectivity index (χ0) is 13.3. The van der Waals surface area contributed by atoms with Crippen LogP contribution >= 0.6 is 0 Å². The minimum absolute atomic E-state index is 0.0103. The van der Waals surface area contributed by atoms with E-state index in [1.165, 1.54) is 0 Å². The topological polar surface area (TPSA) is 64.4 Å². The molecule has 3 N–H and O–H groups in total. The van der Waals surface area contributed by atoms with Gasteiger partial charge in [-0.3, -0.25) is 4.79 Å². The second-order valence-corrected chi connectivity index (χ2v) is 4.35. The number of nitrogen functional groups attached to an aromatic ring is 1. The number of halogens is 2. The highest BCUT2D eigenvalue weighted by molar-refractivity contribution is 5.97. The van der Waals surface area contributed by atoms with Gasteiger partial charge in [-0.05, 0) is 25.8 Å². The third kappa shape index (κ3) is 2.59. The molecule has 2 unspecified atom stereocenters. The number of rotatable bonds is 2. The SMILES string of the molecule is CC1CCC(C(=O)Nc2c(N)cc(F)cc2F)O1. The summed E-state index contributed by atoms with van der Waals surface area (Å²) in [5.74, 6) is -2.14. The number of hydrogen-bond donors (Lipinski definition) is 2. The largest absolute Gasteiger partial charge is 0.397 e. The first kappa shape index (κ1) is 12.8. The number of hydrogen-bond acceptors (Lipinski definition) is 3. The van der Waals surface area contributed by atoms with Crippen molar-refractivity contribution in [2.45, 2.75) is 32.0 Å². The molecule has 4 nitrogen and oxygen atoms in total. The molecule has 1 aromatic carbocycles. The summed E-state index contributed by atoms with van der Waals surface area (Å²) in [5, 5.41) is 2.34. The number of carbonyl (C=O) groups is 1. The van der Waals surface area contributed by atoms with E-state index in [4.69, 9.17) is 10.5 Å². The number of nitrogens with two attached hydrogens (primary N) is 1. The average molecular weight is 256 g/mol. The van der Waals surface area contributed by atoms with Gasteiger partial charge in [-0.15, -0.1) is 0 Å². The lowest BCUT2D eigenvalue weighted by atomic mass is 10.2. The molecule has 0 spiro atoms. The van der Waals surface area contributed by atoms with Crippen LogP contribution in [0.25, 0.3) is 0 Å². The van der Waals surface area contributed by atoms with Crippen molar-refractivity contribution in [2.24, 2.45) is 0 Å². The third-order valence-electron chi connectivity index (χ3n) is 2.86. The zero-order valence-electron chi connectivity index (χ0n) is 9.87. The van der Waals surface area contributed by atoms with Crippen LogP contribution in [0, 0.1) is 11.6 Å². The van der Waals surface area contributed by atoms with Crippen LogP contribution in [-0.4, -0.2) is 18.1 Å². The number of amides is 1. The maximum absolute atomic E-state index is 13.5. The first-order valence-corrected chi connectivity index (χ1v) is 5.68. The van der Waals surface area contributed by atoms with Crippen molar-refractivity contribution in [3.63, 3.8) is 0 Å². The molecule has 6 heteroatoms. The lowest BCUT2D eigenvalue weighted by Crippen LogP contribution is -2.28. The van der Waals surface area contributed by atoms with Gasteiger partial charge in [-0.25, -0.2) is 8.78 Å². The molecule has 0 bridgehead atoms. The molecular weight excluding hydrogens is 242 g/mol. The second-order valence-electron chi connectivity index (χ2n) is 4.35. The molecule has 98 valence electrons. The van der Waals surface area contributed by atoms with Crippen LogP contribution in [-0.2, 0) is 9.53 Å². The van der Waals surface area contributed by atoms with E-state index in [1.807, 2.05) is 6.92 Å². The highest BCUT2D eigenvalue weighted by atomic mass is 19.1. The Labute approximate surface area is 103 Å². The molecule has 1 fully saturated rings. The fourth-order valence-corrected chi connectivity index (χ4v) is 1.92. The van der Waals surface area contributed by atoms with Crippen molar-refractivity contribution in [3.05, 3.63) is 23.8 Å². The van der Waals surface area contributed by atoms with Crippen LogP contribution in [0.5, 0.6) is 0 Å². The summed E-state index contributed by atoms with van der Waals surface area (Å²) in [5.41, 5.74) is 5.11. The third-order valence-corrected chi connectivity index (χ3v) is 2.86. The zero-order valence-corrected chi connectivity index (χ0v) is 9.87. The van der Waals surface area contributed by atoms with Crippen LogP contribution in [0.1, 0.15) is 19.8 Å². The summed E-state index contributed by atoms with van der Waals surface area (Å²) in [6.45, 7) is 1.86. The van der Waals surface area contributed by atoms with E-state index in [2.05, 4.69) is 5.32 Å². The van der Waals surface area contributed by atoms with Crippen LogP contribution < -0.4 is 11.1 Å². The summed E-state index contributed by atoms with van der Waals surface area (Å²) in [6, 6.07) is 1.63. The Morgan fingerprint density at radius 2 is 2.17 bits per heavy atom. The van der Waals surface area contributed by atoms with Crippen molar-refractivity contribution < 1.29 is 18.3 Å². The molecule has 1 aliphatic rings. The maximum Gasteiger partial charge on any atom is 0.253 e. The van der Waals surface area contributed by atoms with E-state index in [0.29, 0.717) is 12.5 Å². The molecule has 1 heterocycles. The Balaban J connectivity index is 2.12. The summed E-state index contributed by atoms with van der Waals surface area (Å²) in [6.07, 6.45) is 0.759. The summed E-state index contributed by atoms with van der Waals surface area (Å²) in [7, 11) is 0. The minimum atomic E-state index is -0.896. The maximum atomic E-state index is 13.5. The molecule has 1 amide bonds. The van der Waals surface area contributed by atoms with Gasteiger partial charge in [0.05, 0.1) is 11.8 Å². The second kappa shape index (κ2) is 4.89. The Morgan fingerprint density at radius 1 is 1.44 bits per heavy atom. The first-order valence-electron chi connectivity index (χ1n) is 5.68. The van der Waals surface area contributed by atoms with Crippen molar-refractivity contribution in [2.75, 3.05) is 11.1 Å².